The lowest BCUT2D eigenvalue weighted by Crippen LogP contribution is -2.06. The second-order valence-corrected chi connectivity index (χ2v) is 5.73. The summed E-state index contributed by atoms with van der Waals surface area (Å²) < 4.78 is 74.6. The standard InChI is InChI=1S/C9H6F6O2S/c10-8-5-7(18(11,12,13,14)15)3-1-6(8)2-4-9(16)17/h1-5H,(H,16,17)/b4-2+. The van der Waals surface area contributed by atoms with E-state index >= 15 is 0 Å². The Kier molecular flexibility index (Phi) is 2.75. The lowest BCUT2D eigenvalue weighted by atomic mass is 10.2. The van der Waals surface area contributed by atoms with E-state index in [1.165, 1.54) is 0 Å². The Labute approximate surface area is 97.3 Å². The van der Waals surface area contributed by atoms with Crippen molar-refractivity contribution in [3.05, 3.63) is 35.7 Å². The van der Waals surface area contributed by atoms with Crippen molar-refractivity contribution in [1.82, 2.24) is 0 Å². The zero-order valence-electron chi connectivity index (χ0n) is 8.42. The molecule has 0 aliphatic carbocycles. The molecular weight excluding hydrogens is 286 g/mol. The van der Waals surface area contributed by atoms with Gasteiger partial charge in [0.15, 0.2) is 0 Å². The van der Waals surface area contributed by atoms with Gasteiger partial charge >= 0.3 is 16.2 Å². The van der Waals surface area contributed by atoms with Gasteiger partial charge in [-0.1, -0.05) is 25.5 Å². The fraction of sp³-hybridized carbons (Fsp3) is 0. The Bertz CT molecular complexity index is 533. The highest BCUT2D eigenvalue weighted by Gasteiger charge is 2.65. The van der Waals surface area contributed by atoms with Crippen LogP contribution in [-0.2, 0) is 4.79 Å². The molecule has 0 fully saturated rings. The third-order valence-electron chi connectivity index (χ3n) is 1.82. The second-order valence-electron chi connectivity index (χ2n) is 3.32. The smallest absolute Gasteiger partial charge is 0.328 e. The Morgan fingerprint density at radius 2 is 1.72 bits per heavy atom. The first-order valence-electron chi connectivity index (χ1n) is 4.24. The Hall–Kier alpha value is -1.64. The summed E-state index contributed by atoms with van der Waals surface area (Å²) in [6, 6.07) is 0.0806. The molecule has 0 aromatic heterocycles. The van der Waals surface area contributed by atoms with Gasteiger partial charge in [-0.25, -0.2) is 9.18 Å². The number of hydrogen-bond acceptors (Lipinski definition) is 1. The minimum atomic E-state index is -9.92. The van der Waals surface area contributed by atoms with Crippen molar-refractivity contribution in [1.29, 1.82) is 0 Å². The molecule has 0 amide bonds. The largest absolute Gasteiger partial charge is 0.478 e. The molecule has 1 aromatic carbocycles. The number of hydrogen-bond donors (Lipinski definition) is 1. The summed E-state index contributed by atoms with van der Waals surface area (Å²) in [7, 11) is -9.92. The molecule has 0 atom stereocenters. The topological polar surface area (TPSA) is 37.3 Å². The number of benzene rings is 1. The molecule has 9 heteroatoms. The summed E-state index contributed by atoms with van der Waals surface area (Å²) in [6.45, 7) is 0. The van der Waals surface area contributed by atoms with Crippen LogP contribution >= 0.6 is 10.2 Å². The highest BCUT2D eigenvalue weighted by atomic mass is 32.5. The van der Waals surface area contributed by atoms with Gasteiger partial charge in [-0.05, 0) is 18.2 Å². The van der Waals surface area contributed by atoms with E-state index in [-0.39, 0.29) is 12.1 Å². The number of carboxylic acids is 1. The number of rotatable bonds is 3. The number of carboxylic acid groups (broad SMARTS) is 1. The normalized spacial score (nSPS) is 16.3. The first-order valence-corrected chi connectivity index (χ1v) is 6.19. The highest BCUT2D eigenvalue weighted by molar-refractivity contribution is 8.45. The average Bonchev–Trinajstić information content (AvgIpc) is 2.11. The van der Waals surface area contributed by atoms with Crippen LogP contribution in [0.2, 0.25) is 0 Å². The summed E-state index contributed by atoms with van der Waals surface area (Å²) in [5, 5.41) is 8.23. The van der Waals surface area contributed by atoms with E-state index in [0.29, 0.717) is 18.2 Å². The molecule has 102 valence electrons. The van der Waals surface area contributed by atoms with E-state index in [1.54, 1.807) is 0 Å². The minimum Gasteiger partial charge on any atom is -0.478 e. The van der Waals surface area contributed by atoms with Crippen molar-refractivity contribution in [2.24, 2.45) is 0 Å². The van der Waals surface area contributed by atoms with Gasteiger partial charge in [0.1, 0.15) is 10.7 Å². The summed E-state index contributed by atoms with van der Waals surface area (Å²) in [5.74, 6) is -3.04. The zero-order valence-corrected chi connectivity index (χ0v) is 9.23. The third kappa shape index (κ3) is 3.69. The predicted octanol–water partition coefficient (Wildman–Crippen LogP) is 4.58. The molecule has 0 aliphatic heterocycles. The van der Waals surface area contributed by atoms with Gasteiger partial charge in [-0.2, -0.15) is 0 Å². The van der Waals surface area contributed by atoms with Crippen molar-refractivity contribution in [3.8, 4) is 0 Å². The van der Waals surface area contributed by atoms with Gasteiger partial charge in [0.25, 0.3) is 0 Å². The quantitative estimate of drug-likeness (QED) is 0.654. The van der Waals surface area contributed by atoms with Crippen LogP contribution in [0.4, 0.5) is 23.8 Å². The van der Waals surface area contributed by atoms with E-state index in [9.17, 15) is 28.6 Å². The van der Waals surface area contributed by atoms with Crippen LogP contribution in [0.25, 0.3) is 6.08 Å². The first-order chi connectivity index (χ1) is 7.79. The van der Waals surface area contributed by atoms with Crippen LogP contribution in [0.1, 0.15) is 5.56 Å². The Balaban J connectivity index is 3.29. The summed E-state index contributed by atoms with van der Waals surface area (Å²) in [4.78, 5) is 7.75. The van der Waals surface area contributed by atoms with E-state index < -0.39 is 32.5 Å². The molecule has 0 radical (unpaired) electrons. The molecule has 0 spiro atoms. The van der Waals surface area contributed by atoms with Gasteiger partial charge in [-0.3, -0.25) is 0 Å². The molecule has 0 aliphatic rings. The van der Waals surface area contributed by atoms with Gasteiger partial charge in [0.05, 0.1) is 0 Å². The van der Waals surface area contributed by atoms with E-state index in [4.69, 9.17) is 5.11 Å². The fourth-order valence-electron chi connectivity index (χ4n) is 1.04. The molecular formula is C9H6F6O2S. The molecule has 0 unspecified atom stereocenters. The predicted molar refractivity (Wildman–Crippen MR) is 54.5 cm³/mol. The lowest BCUT2D eigenvalue weighted by Gasteiger charge is -2.40. The maximum atomic E-state index is 13.1. The lowest BCUT2D eigenvalue weighted by molar-refractivity contribution is -0.131. The summed E-state index contributed by atoms with van der Waals surface area (Å²) in [5.41, 5.74) is -0.539. The second kappa shape index (κ2) is 3.44. The molecule has 18 heavy (non-hydrogen) atoms. The molecule has 1 aromatic rings. The average molecular weight is 292 g/mol. The fourth-order valence-corrected chi connectivity index (χ4v) is 1.70. The van der Waals surface area contributed by atoms with Gasteiger partial charge in [0.2, 0.25) is 0 Å². The van der Waals surface area contributed by atoms with Crippen LogP contribution in [-0.4, -0.2) is 11.1 Å². The van der Waals surface area contributed by atoms with Crippen LogP contribution in [0.5, 0.6) is 0 Å². The van der Waals surface area contributed by atoms with Crippen molar-refractivity contribution >= 4 is 22.3 Å². The molecule has 1 N–H and O–H groups in total. The third-order valence-corrected chi connectivity index (χ3v) is 2.97. The van der Waals surface area contributed by atoms with Crippen LogP contribution in [0.15, 0.2) is 29.2 Å². The van der Waals surface area contributed by atoms with Crippen molar-refractivity contribution in [3.63, 3.8) is 0 Å². The van der Waals surface area contributed by atoms with E-state index in [1.807, 2.05) is 0 Å². The molecule has 0 saturated heterocycles. The van der Waals surface area contributed by atoms with E-state index in [0.717, 1.165) is 0 Å². The van der Waals surface area contributed by atoms with Crippen molar-refractivity contribution < 1.29 is 33.7 Å². The molecule has 1 rings (SSSR count). The molecule has 0 heterocycles. The molecule has 0 saturated carbocycles. The van der Waals surface area contributed by atoms with Gasteiger partial charge in [-0.15, -0.1) is 0 Å². The first kappa shape index (κ1) is 14.4. The highest BCUT2D eigenvalue weighted by Crippen LogP contribution is 3.02. The summed E-state index contributed by atoms with van der Waals surface area (Å²) in [6.07, 6.45) is 1.13. The van der Waals surface area contributed by atoms with Crippen LogP contribution < -0.4 is 0 Å². The van der Waals surface area contributed by atoms with E-state index in [2.05, 4.69) is 0 Å². The van der Waals surface area contributed by atoms with Gasteiger partial charge in [0, 0.05) is 11.6 Å². The minimum absolute atomic E-state index is 0.00611. The van der Waals surface area contributed by atoms with Crippen molar-refractivity contribution in [2.45, 2.75) is 4.90 Å². The Morgan fingerprint density at radius 1 is 1.17 bits per heavy atom. The van der Waals surface area contributed by atoms with Crippen LogP contribution in [0.3, 0.4) is 0 Å². The monoisotopic (exact) mass is 292 g/mol. The Morgan fingerprint density at radius 3 is 2.11 bits per heavy atom. The number of halogens is 6. The maximum Gasteiger partial charge on any atom is 0.328 e. The van der Waals surface area contributed by atoms with Crippen molar-refractivity contribution in [2.75, 3.05) is 0 Å². The van der Waals surface area contributed by atoms with Gasteiger partial charge < -0.3 is 5.11 Å². The zero-order chi connectivity index (χ0) is 14.3. The summed E-state index contributed by atoms with van der Waals surface area (Å²) >= 11 is 0. The number of carbonyl (C=O) groups is 1. The number of aliphatic carboxylic acids is 1. The van der Waals surface area contributed by atoms with Crippen LogP contribution in [0, 0.1) is 5.82 Å². The maximum absolute atomic E-state index is 13.1. The molecule has 2 nitrogen and oxygen atoms in total. The molecule has 0 bridgehead atoms. The SMILES string of the molecule is O=C(O)/C=C/c1ccc(S(F)(F)(F)(F)F)cc1F.